The van der Waals surface area contributed by atoms with Crippen molar-refractivity contribution >= 4 is 64.0 Å². The van der Waals surface area contributed by atoms with Crippen LogP contribution in [0.2, 0.25) is 5.02 Å². The van der Waals surface area contributed by atoms with Gasteiger partial charge in [0.2, 0.25) is 0 Å². The summed E-state index contributed by atoms with van der Waals surface area (Å²) in [7, 11) is 0. The Kier molecular flexibility index (Phi) is 8.17. The number of nitrogens with zero attached hydrogens (tertiary/aromatic N) is 1. The van der Waals surface area contributed by atoms with Crippen LogP contribution in [0.25, 0.3) is 0 Å². The zero-order valence-corrected chi connectivity index (χ0v) is 21.9. The minimum Gasteiger partial charge on any atom is -0.462 e. The predicted octanol–water partition coefficient (Wildman–Crippen LogP) is 6.22. The summed E-state index contributed by atoms with van der Waals surface area (Å²) in [6.07, 6.45) is -4.70. The molecule has 0 saturated heterocycles. The number of alkyl halides is 3. The fourth-order valence-electron chi connectivity index (χ4n) is 3.71. The first kappa shape index (κ1) is 28.7. The van der Waals surface area contributed by atoms with E-state index in [0.717, 1.165) is 17.0 Å². The number of rotatable bonds is 7. The average Bonchev–Trinajstić information content (AvgIpc) is 3.12. The standard InChI is InChI=1S/C27H18Cl2F3N3O5/c1-2-40-26(39)15-4-3-5-18(12-15)35-24(37)21(29)22(25(35)38)33-16-8-6-14(7-9-16)23(36)34-17-10-11-20(28)19(13-17)27(30,31)32/h3-13,33H,2H2,1H3,(H,34,36). The van der Waals surface area contributed by atoms with Crippen LogP contribution in [-0.2, 0) is 20.5 Å². The number of nitrogens with one attached hydrogen (secondary N) is 2. The Hall–Kier alpha value is -4.35. The molecule has 1 aliphatic rings. The number of esters is 1. The molecular formula is C27H18Cl2F3N3O5. The topological polar surface area (TPSA) is 105 Å². The van der Waals surface area contributed by atoms with Crippen LogP contribution in [0.1, 0.15) is 33.2 Å². The van der Waals surface area contributed by atoms with Gasteiger partial charge in [-0.25, -0.2) is 9.69 Å². The molecule has 206 valence electrons. The third kappa shape index (κ3) is 5.95. The van der Waals surface area contributed by atoms with Gasteiger partial charge in [0.1, 0.15) is 10.7 Å². The summed E-state index contributed by atoms with van der Waals surface area (Å²) >= 11 is 11.8. The summed E-state index contributed by atoms with van der Waals surface area (Å²) in [5.74, 6) is -2.91. The highest BCUT2D eigenvalue weighted by Crippen LogP contribution is 2.36. The van der Waals surface area contributed by atoms with Gasteiger partial charge in [-0.1, -0.05) is 29.3 Å². The van der Waals surface area contributed by atoms with Crippen molar-refractivity contribution < 1.29 is 37.1 Å². The van der Waals surface area contributed by atoms with Gasteiger partial charge in [-0.2, -0.15) is 13.2 Å². The molecule has 3 amide bonds. The van der Waals surface area contributed by atoms with E-state index < -0.39 is 45.5 Å². The third-order valence-electron chi connectivity index (χ3n) is 5.59. The van der Waals surface area contributed by atoms with E-state index in [2.05, 4.69) is 10.6 Å². The molecule has 4 rings (SSSR count). The Morgan fingerprint density at radius 1 is 0.900 bits per heavy atom. The molecule has 0 aromatic heterocycles. The van der Waals surface area contributed by atoms with Crippen LogP contribution in [0, 0.1) is 0 Å². The normalized spacial score (nSPS) is 13.5. The van der Waals surface area contributed by atoms with E-state index in [1.54, 1.807) is 6.92 Å². The molecule has 3 aromatic carbocycles. The van der Waals surface area contributed by atoms with Crippen molar-refractivity contribution in [1.29, 1.82) is 0 Å². The second kappa shape index (κ2) is 11.4. The molecule has 1 heterocycles. The van der Waals surface area contributed by atoms with Crippen molar-refractivity contribution in [2.45, 2.75) is 13.1 Å². The first-order valence-electron chi connectivity index (χ1n) is 11.5. The molecule has 8 nitrogen and oxygen atoms in total. The van der Waals surface area contributed by atoms with Crippen LogP contribution < -0.4 is 15.5 Å². The number of carbonyl (C=O) groups is 4. The number of hydrogen-bond donors (Lipinski definition) is 2. The molecule has 3 aromatic rings. The summed E-state index contributed by atoms with van der Waals surface area (Å²) in [6.45, 7) is 1.79. The van der Waals surface area contributed by atoms with Crippen molar-refractivity contribution in [3.05, 3.63) is 99.2 Å². The smallest absolute Gasteiger partial charge is 0.417 e. The van der Waals surface area contributed by atoms with Gasteiger partial charge in [0.05, 0.1) is 28.4 Å². The Labute approximate surface area is 235 Å². The fourth-order valence-corrected chi connectivity index (χ4v) is 4.14. The number of anilines is 3. The molecule has 2 N–H and O–H groups in total. The molecular weight excluding hydrogens is 574 g/mol. The average molecular weight is 592 g/mol. The van der Waals surface area contributed by atoms with E-state index in [4.69, 9.17) is 27.9 Å². The first-order chi connectivity index (χ1) is 18.9. The van der Waals surface area contributed by atoms with E-state index in [1.807, 2.05) is 0 Å². The summed E-state index contributed by atoms with van der Waals surface area (Å²) in [6, 6.07) is 14.3. The number of hydrogen-bond acceptors (Lipinski definition) is 6. The summed E-state index contributed by atoms with van der Waals surface area (Å²) < 4.78 is 44.2. The lowest BCUT2D eigenvalue weighted by Gasteiger charge is -2.16. The maximum absolute atomic E-state index is 13.1. The van der Waals surface area contributed by atoms with Crippen molar-refractivity contribution in [2.24, 2.45) is 0 Å². The largest absolute Gasteiger partial charge is 0.462 e. The molecule has 0 bridgehead atoms. The number of halogens is 5. The van der Waals surface area contributed by atoms with Gasteiger partial charge in [-0.15, -0.1) is 0 Å². The van der Waals surface area contributed by atoms with E-state index in [0.29, 0.717) is 5.69 Å². The molecule has 0 atom stereocenters. The quantitative estimate of drug-likeness (QED) is 0.249. The fraction of sp³-hybridized carbons (Fsp3) is 0.111. The second-order valence-corrected chi connectivity index (χ2v) is 9.04. The lowest BCUT2D eigenvalue weighted by molar-refractivity contribution is -0.137. The van der Waals surface area contributed by atoms with Gasteiger partial charge in [0.25, 0.3) is 17.7 Å². The zero-order chi connectivity index (χ0) is 29.2. The van der Waals surface area contributed by atoms with Crippen LogP contribution in [0.3, 0.4) is 0 Å². The summed E-state index contributed by atoms with van der Waals surface area (Å²) in [5.41, 5.74) is -0.791. The highest BCUT2D eigenvalue weighted by atomic mass is 35.5. The van der Waals surface area contributed by atoms with Gasteiger partial charge >= 0.3 is 12.1 Å². The van der Waals surface area contributed by atoms with Gasteiger partial charge in [0, 0.05) is 16.9 Å². The Balaban J connectivity index is 1.48. The van der Waals surface area contributed by atoms with Crippen molar-refractivity contribution in [3.8, 4) is 0 Å². The number of amides is 3. The molecule has 0 aliphatic carbocycles. The molecule has 1 aliphatic heterocycles. The van der Waals surface area contributed by atoms with Gasteiger partial charge in [0.15, 0.2) is 0 Å². The van der Waals surface area contributed by atoms with Gasteiger partial charge in [-0.05, 0) is 67.6 Å². The van der Waals surface area contributed by atoms with Crippen molar-refractivity contribution in [1.82, 2.24) is 0 Å². The predicted molar refractivity (Wildman–Crippen MR) is 142 cm³/mol. The third-order valence-corrected chi connectivity index (χ3v) is 6.27. The Morgan fingerprint density at radius 3 is 2.23 bits per heavy atom. The van der Waals surface area contributed by atoms with Crippen LogP contribution >= 0.6 is 23.2 Å². The van der Waals surface area contributed by atoms with E-state index in [1.165, 1.54) is 54.6 Å². The summed E-state index contributed by atoms with van der Waals surface area (Å²) in [4.78, 5) is 51.3. The number of benzene rings is 3. The monoisotopic (exact) mass is 591 g/mol. The lowest BCUT2D eigenvalue weighted by atomic mass is 10.1. The van der Waals surface area contributed by atoms with Crippen molar-refractivity contribution in [2.75, 3.05) is 22.1 Å². The maximum Gasteiger partial charge on any atom is 0.417 e. The zero-order valence-electron chi connectivity index (χ0n) is 20.4. The van der Waals surface area contributed by atoms with E-state index >= 15 is 0 Å². The highest BCUT2D eigenvalue weighted by molar-refractivity contribution is 6.53. The van der Waals surface area contributed by atoms with Crippen LogP contribution in [-0.4, -0.2) is 30.3 Å². The lowest BCUT2D eigenvalue weighted by Crippen LogP contribution is -2.32. The highest BCUT2D eigenvalue weighted by Gasteiger charge is 2.39. The Bertz CT molecular complexity index is 1560. The molecule has 0 saturated carbocycles. The van der Waals surface area contributed by atoms with Crippen LogP contribution in [0.5, 0.6) is 0 Å². The Morgan fingerprint density at radius 2 is 1.57 bits per heavy atom. The molecule has 13 heteroatoms. The summed E-state index contributed by atoms with van der Waals surface area (Å²) in [5, 5.41) is 4.22. The van der Waals surface area contributed by atoms with Crippen molar-refractivity contribution in [3.63, 3.8) is 0 Å². The number of imide groups is 1. The first-order valence-corrected chi connectivity index (χ1v) is 12.3. The van der Waals surface area contributed by atoms with Crippen LogP contribution in [0.15, 0.2) is 77.5 Å². The van der Waals surface area contributed by atoms with Crippen LogP contribution in [0.4, 0.5) is 30.2 Å². The number of carbonyl (C=O) groups excluding carboxylic acids is 4. The second-order valence-electron chi connectivity index (χ2n) is 8.25. The molecule has 40 heavy (non-hydrogen) atoms. The van der Waals surface area contributed by atoms with Gasteiger partial charge < -0.3 is 15.4 Å². The van der Waals surface area contributed by atoms with E-state index in [-0.39, 0.29) is 34.8 Å². The minimum atomic E-state index is -4.70. The maximum atomic E-state index is 13.1. The number of ether oxygens (including phenoxy) is 1. The molecule has 0 fully saturated rings. The molecule has 0 unspecified atom stereocenters. The SMILES string of the molecule is CCOC(=O)c1cccc(N2C(=O)C(Cl)=C(Nc3ccc(C(=O)Nc4ccc(Cl)c(C(F)(F)F)c4)cc3)C2=O)c1. The van der Waals surface area contributed by atoms with Gasteiger partial charge in [-0.3, -0.25) is 14.4 Å². The van der Waals surface area contributed by atoms with E-state index in [9.17, 15) is 32.3 Å². The minimum absolute atomic E-state index is 0.0976. The molecule has 0 radical (unpaired) electrons. The molecule has 0 spiro atoms.